The molecular weight excluding hydrogens is 418 g/mol. The van der Waals surface area contributed by atoms with E-state index in [0.29, 0.717) is 5.56 Å². The van der Waals surface area contributed by atoms with Crippen LogP contribution in [0.15, 0.2) is 83.8 Å². The number of rotatable bonds is 4. The molecule has 0 unspecified atom stereocenters. The minimum atomic E-state index is -3.85. The molecule has 0 spiro atoms. The summed E-state index contributed by atoms with van der Waals surface area (Å²) in [5.74, 6) is -0.614. The van der Waals surface area contributed by atoms with Gasteiger partial charge in [0.15, 0.2) is 0 Å². The first-order valence-electron chi connectivity index (χ1n) is 10.0. The molecule has 0 aromatic heterocycles. The zero-order chi connectivity index (χ0) is 21.6. The van der Waals surface area contributed by atoms with Crippen LogP contribution in [0.2, 0.25) is 0 Å². The van der Waals surface area contributed by atoms with Crippen LogP contribution in [-0.2, 0) is 10.0 Å². The highest BCUT2D eigenvalue weighted by Gasteiger charge is 2.39. The van der Waals surface area contributed by atoms with E-state index in [1.54, 1.807) is 24.3 Å². The predicted molar refractivity (Wildman–Crippen MR) is 116 cm³/mol. The van der Waals surface area contributed by atoms with E-state index >= 15 is 0 Å². The van der Waals surface area contributed by atoms with Crippen LogP contribution in [0.25, 0.3) is 0 Å². The van der Waals surface area contributed by atoms with E-state index in [2.05, 4.69) is 22.2 Å². The van der Waals surface area contributed by atoms with Crippen molar-refractivity contribution >= 4 is 21.4 Å². The Hall–Kier alpha value is -3.19. The fourth-order valence-electron chi connectivity index (χ4n) is 4.51. The second kappa shape index (κ2) is 7.50. The monoisotopic (exact) mass is 438 g/mol. The van der Waals surface area contributed by atoms with Gasteiger partial charge >= 0.3 is 0 Å². The molecule has 2 N–H and O–H groups in total. The Kier molecular flexibility index (Phi) is 4.78. The molecule has 1 aliphatic carbocycles. The summed E-state index contributed by atoms with van der Waals surface area (Å²) in [4.78, 5) is 0.126. The minimum Gasteiger partial charge on any atom is -0.378 e. The third kappa shape index (κ3) is 3.59. The van der Waals surface area contributed by atoms with E-state index in [0.717, 1.165) is 17.7 Å². The predicted octanol–water partition coefficient (Wildman–Crippen LogP) is 5.59. The standard InChI is InChI=1S/C24H20F2N2O2S/c25-15-8-10-16(11-9-15)28-31(29,30)17-12-13-23-21(14-17)18-5-3-6-19(18)24(27-23)20-4-1-2-7-22(20)26/h1-5,7-14,18-19,24,27-28H,6H2/t18-,19+,24-/m0/s1. The molecule has 2 aliphatic rings. The minimum absolute atomic E-state index is 0.0122. The van der Waals surface area contributed by atoms with Gasteiger partial charge in [-0.15, -0.1) is 0 Å². The van der Waals surface area contributed by atoms with Crippen LogP contribution in [-0.4, -0.2) is 8.42 Å². The topological polar surface area (TPSA) is 58.2 Å². The second-order valence-electron chi connectivity index (χ2n) is 7.86. The fraction of sp³-hybridized carbons (Fsp3) is 0.167. The van der Waals surface area contributed by atoms with Gasteiger partial charge in [0.2, 0.25) is 0 Å². The molecule has 3 aromatic carbocycles. The summed E-state index contributed by atoms with van der Waals surface area (Å²) in [7, 11) is -3.85. The second-order valence-corrected chi connectivity index (χ2v) is 9.54. The van der Waals surface area contributed by atoms with Crippen LogP contribution in [0.1, 0.15) is 29.5 Å². The van der Waals surface area contributed by atoms with E-state index < -0.39 is 15.8 Å². The summed E-state index contributed by atoms with van der Waals surface area (Å²) < 4.78 is 55.9. The number of sulfonamides is 1. The first-order valence-corrected chi connectivity index (χ1v) is 11.5. The van der Waals surface area contributed by atoms with Gasteiger partial charge in [0, 0.05) is 22.9 Å². The number of hydrogen-bond donors (Lipinski definition) is 2. The van der Waals surface area contributed by atoms with Gasteiger partial charge in [-0.05, 0) is 66.4 Å². The Balaban J connectivity index is 1.50. The molecule has 4 nitrogen and oxygen atoms in total. The molecule has 0 saturated heterocycles. The first kappa shape index (κ1) is 19.8. The molecular formula is C24H20F2N2O2S. The zero-order valence-electron chi connectivity index (χ0n) is 16.4. The Bertz CT molecular complexity index is 1270. The largest absolute Gasteiger partial charge is 0.378 e. The summed E-state index contributed by atoms with van der Waals surface area (Å²) in [6.07, 6.45) is 4.92. The van der Waals surface area contributed by atoms with E-state index in [4.69, 9.17) is 0 Å². The van der Waals surface area contributed by atoms with Crippen molar-refractivity contribution in [3.8, 4) is 0 Å². The maximum atomic E-state index is 14.5. The molecule has 0 saturated carbocycles. The lowest BCUT2D eigenvalue weighted by Gasteiger charge is -2.37. The van der Waals surface area contributed by atoms with Gasteiger partial charge in [-0.1, -0.05) is 30.4 Å². The highest BCUT2D eigenvalue weighted by molar-refractivity contribution is 7.92. The van der Waals surface area contributed by atoms with Crippen molar-refractivity contribution < 1.29 is 17.2 Å². The lowest BCUT2D eigenvalue weighted by molar-refractivity contribution is 0.413. The fourth-order valence-corrected chi connectivity index (χ4v) is 5.60. The number of nitrogens with one attached hydrogen (secondary N) is 2. The van der Waals surface area contributed by atoms with E-state index in [9.17, 15) is 17.2 Å². The molecule has 0 fully saturated rings. The summed E-state index contributed by atoms with van der Waals surface area (Å²) in [5.41, 5.74) is 2.56. The highest BCUT2D eigenvalue weighted by atomic mass is 32.2. The Morgan fingerprint density at radius 1 is 0.935 bits per heavy atom. The average Bonchev–Trinajstić information content (AvgIpc) is 3.25. The maximum Gasteiger partial charge on any atom is 0.261 e. The van der Waals surface area contributed by atoms with Crippen LogP contribution in [0.4, 0.5) is 20.2 Å². The van der Waals surface area contributed by atoms with Gasteiger partial charge in [-0.3, -0.25) is 4.72 Å². The van der Waals surface area contributed by atoms with Crippen LogP contribution in [0.3, 0.4) is 0 Å². The molecule has 3 aromatic rings. The normalized spacial score (nSPS) is 21.8. The van der Waals surface area contributed by atoms with Gasteiger partial charge in [-0.25, -0.2) is 17.2 Å². The lowest BCUT2D eigenvalue weighted by atomic mass is 9.77. The van der Waals surface area contributed by atoms with Crippen molar-refractivity contribution in [2.24, 2.45) is 5.92 Å². The van der Waals surface area contributed by atoms with Gasteiger partial charge < -0.3 is 5.32 Å². The van der Waals surface area contributed by atoms with Crippen molar-refractivity contribution in [3.05, 3.63) is 102 Å². The number of fused-ring (bicyclic) bond motifs is 3. The van der Waals surface area contributed by atoms with E-state index in [-0.39, 0.29) is 34.3 Å². The SMILES string of the molecule is O=S(=O)(Nc1ccc(F)cc1)c1ccc2c(c1)[C@H]1C=CC[C@H]1[C@@H](c1ccccc1F)N2. The van der Waals surface area contributed by atoms with Crippen molar-refractivity contribution in [1.29, 1.82) is 0 Å². The molecule has 158 valence electrons. The van der Waals surface area contributed by atoms with Gasteiger partial charge in [-0.2, -0.15) is 0 Å². The number of allylic oxidation sites excluding steroid dienone is 2. The van der Waals surface area contributed by atoms with Crippen molar-refractivity contribution in [2.75, 3.05) is 10.0 Å². The smallest absolute Gasteiger partial charge is 0.261 e. The van der Waals surface area contributed by atoms with Gasteiger partial charge in [0.05, 0.1) is 10.9 Å². The Morgan fingerprint density at radius 2 is 1.71 bits per heavy atom. The number of benzene rings is 3. The molecule has 5 rings (SSSR count). The van der Waals surface area contributed by atoms with E-state index in [1.807, 2.05) is 6.07 Å². The molecule has 0 bridgehead atoms. The Labute approximate surface area is 179 Å². The molecule has 0 amide bonds. The van der Waals surface area contributed by atoms with Gasteiger partial charge in [0.25, 0.3) is 10.0 Å². The third-order valence-electron chi connectivity index (χ3n) is 5.98. The average molecular weight is 438 g/mol. The summed E-state index contributed by atoms with van der Waals surface area (Å²) in [5, 5.41) is 3.42. The first-order chi connectivity index (χ1) is 14.9. The lowest BCUT2D eigenvalue weighted by Crippen LogP contribution is -2.30. The molecule has 0 radical (unpaired) electrons. The Morgan fingerprint density at radius 3 is 2.48 bits per heavy atom. The molecule has 7 heteroatoms. The summed E-state index contributed by atoms with van der Waals surface area (Å²) in [6.45, 7) is 0. The van der Waals surface area contributed by atoms with E-state index in [1.165, 1.54) is 36.4 Å². The number of anilines is 2. The summed E-state index contributed by atoms with van der Waals surface area (Å²) >= 11 is 0. The maximum absolute atomic E-state index is 14.5. The molecule has 1 heterocycles. The van der Waals surface area contributed by atoms with Crippen molar-refractivity contribution in [3.63, 3.8) is 0 Å². The molecule has 1 aliphatic heterocycles. The van der Waals surface area contributed by atoms with Crippen molar-refractivity contribution in [1.82, 2.24) is 0 Å². The molecule has 3 atom stereocenters. The van der Waals surface area contributed by atoms with Crippen LogP contribution in [0, 0.1) is 17.6 Å². The number of hydrogen-bond acceptors (Lipinski definition) is 3. The third-order valence-corrected chi connectivity index (χ3v) is 7.36. The summed E-state index contributed by atoms with van der Waals surface area (Å²) in [6, 6.07) is 16.6. The van der Waals surface area contributed by atoms with Crippen LogP contribution in [0.5, 0.6) is 0 Å². The quantitative estimate of drug-likeness (QED) is 0.522. The highest BCUT2D eigenvalue weighted by Crippen LogP contribution is 2.50. The van der Waals surface area contributed by atoms with Crippen LogP contribution < -0.4 is 10.0 Å². The zero-order valence-corrected chi connectivity index (χ0v) is 17.2. The number of halogens is 2. The van der Waals surface area contributed by atoms with Crippen LogP contribution >= 0.6 is 0 Å². The van der Waals surface area contributed by atoms with Crippen molar-refractivity contribution in [2.45, 2.75) is 23.3 Å². The van der Waals surface area contributed by atoms with Gasteiger partial charge in [0.1, 0.15) is 11.6 Å². The molecule has 31 heavy (non-hydrogen) atoms.